The molecule has 3 aromatic rings. The number of piperidine rings is 1. The summed E-state index contributed by atoms with van der Waals surface area (Å²) in [4.78, 5) is 19.2. The summed E-state index contributed by atoms with van der Waals surface area (Å²) in [5.41, 5.74) is 1.82. The molecule has 2 aliphatic heterocycles. The average Bonchev–Trinajstić information content (AvgIpc) is 3.39. The number of amides is 1. The SMILES string of the molecule is COc1ccc2sc(OC3CCN(C(=O)Cc4ccc5c(c4)OCO5)CC3)nc2c1. The zero-order valence-corrected chi connectivity index (χ0v) is 17.4. The van der Waals surface area contributed by atoms with Crippen LogP contribution in [0.2, 0.25) is 0 Å². The first-order chi connectivity index (χ1) is 14.7. The fraction of sp³-hybridized carbons (Fsp3) is 0.364. The Labute approximate surface area is 178 Å². The van der Waals surface area contributed by atoms with Crippen molar-refractivity contribution in [3.63, 3.8) is 0 Å². The molecule has 7 nitrogen and oxygen atoms in total. The molecule has 1 aromatic heterocycles. The molecule has 0 radical (unpaired) electrons. The number of hydrogen-bond acceptors (Lipinski definition) is 7. The lowest BCUT2D eigenvalue weighted by atomic mass is 10.1. The van der Waals surface area contributed by atoms with Gasteiger partial charge in [0, 0.05) is 32.0 Å². The quantitative estimate of drug-likeness (QED) is 0.620. The Morgan fingerprint density at radius 3 is 2.83 bits per heavy atom. The molecule has 8 heteroatoms. The number of aromatic nitrogens is 1. The summed E-state index contributed by atoms with van der Waals surface area (Å²) >= 11 is 1.54. The van der Waals surface area contributed by atoms with Crippen LogP contribution in [0.3, 0.4) is 0 Å². The van der Waals surface area contributed by atoms with E-state index < -0.39 is 0 Å². The number of nitrogens with zero attached hydrogens (tertiary/aromatic N) is 2. The van der Waals surface area contributed by atoms with Gasteiger partial charge in [0.05, 0.1) is 23.7 Å². The molecular formula is C22H22N2O5S. The van der Waals surface area contributed by atoms with Gasteiger partial charge >= 0.3 is 0 Å². The molecule has 5 rings (SSSR count). The minimum Gasteiger partial charge on any atom is -0.497 e. The first kappa shape index (κ1) is 19.0. The van der Waals surface area contributed by atoms with Gasteiger partial charge < -0.3 is 23.8 Å². The Morgan fingerprint density at radius 2 is 2.00 bits per heavy atom. The topological polar surface area (TPSA) is 70.1 Å². The van der Waals surface area contributed by atoms with Gasteiger partial charge in [-0.15, -0.1) is 0 Å². The second-order valence-electron chi connectivity index (χ2n) is 7.38. The van der Waals surface area contributed by atoms with Crippen LogP contribution < -0.4 is 18.9 Å². The Bertz CT molecular complexity index is 1070. The summed E-state index contributed by atoms with van der Waals surface area (Å²) in [7, 11) is 1.65. The minimum absolute atomic E-state index is 0.0713. The predicted molar refractivity (Wildman–Crippen MR) is 113 cm³/mol. The van der Waals surface area contributed by atoms with E-state index in [1.807, 2.05) is 41.3 Å². The van der Waals surface area contributed by atoms with Gasteiger partial charge in [-0.25, -0.2) is 4.98 Å². The van der Waals surface area contributed by atoms with Crippen molar-refractivity contribution in [1.29, 1.82) is 0 Å². The van der Waals surface area contributed by atoms with E-state index in [0.29, 0.717) is 30.5 Å². The van der Waals surface area contributed by atoms with Gasteiger partial charge in [-0.05, 0) is 29.8 Å². The summed E-state index contributed by atoms with van der Waals surface area (Å²) in [6.07, 6.45) is 2.03. The number of fused-ring (bicyclic) bond motifs is 2. The van der Waals surface area contributed by atoms with Crippen LogP contribution in [0.25, 0.3) is 10.2 Å². The molecule has 3 heterocycles. The van der Waals surface area contributed by atoms with Crippen LogP contribution in [0.15, 0.2) is 36.4 Å². The number of likely N-dealkylation sites (tertiary alicyclic amines) is 1. The van der Waals surface area contributed by atoms with Crippen molar-refractivity contribution >= 4 is 27.5 Å². The van der Waals surface area contributed by atoms with Gasteiger partial charge in [-0.3, -0.25) is 4.79 Å². The predicted octanol–water partition coefficient (Wildman–Crippen LogP) is 3.65. The van der Waals surface area contributed by atoms with Crippen LogP contribution >= 0.6 is 11.3 Å². The van der Waals surface area contributed by atoms with Crippen molar-refractivity contribution in [3.8, 4) is 22.4 Å². The lowest BCUT2D eigenvalue weighted by molar-refractivity contribution is -0.132. The molecular weight excluding hydrogens is 404 g/mol. The number of carbonyl (C=O) groups excluding carboxylic acids is 1. The van der Waals surface area contributed by atoms with E-state index in [9.17, 15) is 4.79 Å². The highest BCUT2D eigenvalue weighted by Crippen LogP contribution is 2.33. The Morgan fingerprint density at radius 1 is 1.17 bits per heavy atom. The number of thiazole rings is 1. The summed E-state index contributed by atoms with van der Waals surface area (Å²) in [5, 5.41) is 0.670. The van der Waals surface area contributed by atoms with Gasteiger partial charge in [0.25, 0.3) is 5.19 Å². The van der Waals surface area contributed by atoms with Gasteiger partial charge in [-0.1, -0.05) is 17.4 Å². The number of ether oxygens (including phenoxy) is 4. The number of benzene rings is 2. The Kier molecular flexibility index (Phi) is 5.08. The third-order valence-corrected chi connectivity index (χ3v) is 6.36. The monoisotopic (exact) mass is 426 g/mol. The van der Waals surface area contributed by atoms with E-state index in [1.54, 1.807) is 7.11 Å². The molecule has 0 saturated carbocycles. The standard InChI is InChI=1S/C22H22N2O5S/c1-26-16-3-5-20-17(12-16)23-22(30-20)29-15-6-8-24(9-7-15)21(25)11-14-2-4-18-19(10-14)28-13-27-18/h2-5,10,12,15H,6-9,11,13H2,1H3. The molecule has 0 unspecified atom stereocenters. The maximum atomic E-state index is 12.7. The fourth-order valence-corrected chi connectivity index (χ4v) is 4.63. The summed E-state index contributed by atoms with van der Waals surface area (Å²) < 4.78 is 23.2. The molecule has 2 aromatic carbocycles. The third-order valence-electron chi connectivity index (χ3n) is 5.43. The molecule has 1 amide bonds. The molecule has 0 aliphatic carbocycles. The summed E-state index contributed by atoms with van der Waals surface area (Å²) in [5.74, 6) is 2.35. The largest absolute Gasteiger partial charge is 0.497 e. The van der Waals surface area contributed by atoms with E-state index in [2.05, 4.69) is 4.98 Å². The zero-order chi connectivity index (χ0) is 20.5. The summed E-state index contributed by atoms with van der Waals surface area (Å²) in [6.45, 7) is 1.61. The molecule has 0 spiro atoms. The van der Waals surface area contributed by atoms with Crippen molar-refractivity contribution < 1.29 is 23.7 Å². The molecule has 1 saturated heterocycles. The van der Waals surface area contributed by atoms with E-state index in [-0.39, 0.29) is 18.8 Å². The molecule has 2 aliphatic rings. The zero-order valence-electron chi connectivity index (χ0n) is 16.6. The van der Waals surface area contributed by atoms with E-state index in [4.69, 9.17) is 18.9 Å². The van der Waals surface area contributed by atoms with E-state index in [1.165, 1.54) is 11.3 Å². The van der Waals surface area contributed by atoms with Crippen molar-refractivity contribution in [1.82, 2.24) is 9.88 Å². The highest BCUT2D eigenvalue weighted by molar-refractivity contribution is 7.20. The van der Waals surface area contributed by atoms with Crippen molar-refractivity contribution in [3.05, 3.63) is 42.0 Å². The van der Waals surface area contributed by atoms with Crippen LogP contribution in [0.4, 0.5) is 0 Å². The molecule has 1 fully saturated rings. The number of hydrogen-bond donors (Lipinski definition) is 0. The van der Waals surface area contributed by atoms with Crippen LogP contribution in [0.5, 0.6) is 22.4 Å². The van der Waals surface area contributed by atoms with Gasteiger partial charge in [0.1, 0.15) is 11.9 Å². The van der Waals surface area contributed by atoms with E-state index >= 15 is 0 Å². The van der Waals surface area contributed by atoms with E-state index in [0.717, 1.165) is 40.1 Å². The summed E-state index contributed by atoms with van der Waals surface area (Å²) in [6, 6.07) is 11.5. The number of methoxy groups -OCH3 is 1. The molecule has 0 N–H and O–H groups in total. The molecule has 0 atom stereocenters. The van der Waals surface area contributed by atoms with Crippen LogP contribution in [0, 0.1) is 0 Å². The number of rotatable bonds is 5. The highest BCUT2D eigenvalue weighted by Gasteiger charge is 2.25. The Hall–Kier alpha value is -3.00. The first-order valence-electron chi connectivity index (χ1n) is 9.95. The lowest BCUT2D eigenvalue weighted by Gasteiger charge is -2.31. The maximum Gasteiger partial charge on any atom is 0.274 e. The smallest absolute Gasteiger partial charge is 0.274 e. The molecule has 156 valence electrons. The molecule has 30 heavy (non-hydrogen) atoms. The first-order valence-corrected chi connectivity index (χ1v) is 10.8. The van der Waals surface area contributed by atoms with Crippen molar-refractivity contribution in [2.24, 2.45) is 0 Å². The highest BCUT2D eigenvalue weighted by atomic mass is 32.1. The molecule has 0 bridgehead atoms. The fourth-order valence-electron chi connectivity index (χ4n) is 3.77. The minimum atomic E-state index is 0.0713. The van der Waals surface area contributed by atoms with Crippen molar-refractivity contribution in [2.45, 2.75) is 25.4 Å². The second-order valence-corrected chi connectivity index (χ2v) is 8.37. The average molecular weight is 426 g/mol. The van der Waals surface area contributed by atoms with Gasteiger partial charge in [-0.2, -0.15) is 0 Å². The lowest BCUT2D eigenvalue weighted by Crippen LogP contribution is -2.42. The van der Waals surface area contributed by atoms with Crippen LogP contribution in [-0.4, -0.2) is 48.9 Å². The van der Waals surface area contributed by atoms with Gasteiger partial charge in [0.2, 0.25) is 12.7 Å². The Balaban J connectivity index is 1.15. The van der Waals surface area contributed by atoms with Crippen LogP contribution in [0.1, 0.15) is 18.4 Å². The normalized spacial score (nSPS) is 16.1. The van der Waals surface area contributed by atoms with Crippen LogP contribution in [-0.2, 0) is 11.2 Å². The maximum absolute atomic E-state index is 12.7. The van der Waals surface area contributed by atoms with Gasteiger partial charge in [0.15, 0.2) is 11.5 Å². The number of carbonyl (C=O) groups is 1. The third kappa shape index (κ3) is 3.87. The van der Waals surface area contributed by atoms with Crippen molar-refractivity contribution in [2.75, 3.05) is 27.0 Å². The second kappa shape index (κ2) is 8.02.